The lowest BCUT2D eigenvalue weighted by atomic mass is 9.94. The molecule has 5 atom stereocenters. The highest BCUT2D eigenvalue weighted by Gasteiger charge is 2.51. The number of hydrogen-bond donors (Lipinski definition) is 0. The van der Waals surface area contributed by atoms with Gasteiger partial charge in [-0.2, -0.15) is 0 Å². The van der Waals surface area contributed by atoms with Gasteiger partial charge in [0.1, 0.15) is 18.8 Å². The van der Waals surface area contributed by atoms with Crippen LogP contribution in [0.15, 0.2) is 12.7 Å². The van der Waals surface area contributed by atoms with Gasteiger partial charge >= 0.3 is 23.9 Å². The zero-order valence-electron chi connectivity index (χ0n) is 14.6. The molecule has 25 heavy (non-hydrogen) atoms. The fourth-order valence-corrected chi connectivity index (χ4v) is 2.45. The van der Waals surface area contributed by atoms with Crippen LogP contribution in [0.2, 0.25) is 0 Å². The van der Waals surface area contributed by atoms with E-state index in [1.807, 2.05) is 0 Å². The summed E-state index contributed by atoms with van der Waals surface area (Å²) in [6.45, 7) is 8.06. The molecule has 0 spiro atoms. The third-order valence-electron chi connectivity index (χ3n) is 3.26. The standard InChI is InChI=1S/C16H22O9/c1-6-12-14(22-9(3)18)16(24-11(5)20)15(23-10(4)19)13(25-12)7-21-8(2)17/h6,12-16H,1,7H2,2-5H3/t12-,13+,14+,15+,16+/m0/s1. The molecule has 9 heteroatoms. The second-order valence-electron chi connectivity index (χ2n) is 5.40. The van der Waals surface area contributed by atoms with Crippen LogP contribution in [0.4, 0.5) is 0 Å². The predicted octanol–water partition coefficient (Wildman–Crippen LogP) is 0.298. The van der Waals surface area contributed by atoms with Gasteiger partial charge in [0.05, 0.1) is 0 Å². The second-order valence-corrected chi connectivity index (χ2v) is 5.40. The monoisotopic (exact) mass is 358 g/mol. The molecule has 0 bridgehead atoms. The van der Waals surface area contributed by atoms with Crippen LogP contribution in [0.1, 0.15) is 27.7 Å². The zero-order valence-corrected chi connectivity index (χ0v) is 14.6. The molecule has 1 rings (SSSR count). The fraction of sp³-hybridized carbons (Fsp3) is 0.625. The van der Waals surface area contributed by atoms with Gasteiger partial charge in [-0.25, -0.2) is 0 Å². The third-order valence-corrected chi connectivity index (χ3v) is 3.26. The normalized spacial score (nSPS) is 28.4. The molecule has 140 valence electrons. The highest BCUT2D eigenvalue weighted by Crippen LogP contribution is 2.29. The van der Waals surface area contributed by atoms with Gasteiger partial charge in [0.25, 0.3) is 0 Å². The van der Waals surface area contributed by atoms with Gasteiger partial charge < -0.3 is 23.7 Å². The summed E-state index contributed by atoms with van der Waals surface area (Å²) in [6, 6.07) is 0. The zero-order chi connectivity index (χ0) is 19.1. The van der Waals surface area contributed by atoms with Gasteiger partial charge in [-0.3, -0.25) is 19.2 Å². The van der Waals surface area contributed by atoms with Crippen molar-refractivity contribution in [3.05, 3.63) is 12.7 Å². The van der Waals surface area contributed by atoms with E-state index in [1.54, 1.807) is 0 Å². The number of hydrogen-bond acceptors (Lipinski definition) is 9. The maximum absolute atomic E-state index is 11.5. The largest absolute Gasteiger partial charge is 0.463 e. The van der Waals surface area contributed by atoms with Gasteiger partial charge in [0.2, 0.25) is 0 Å². The first-order valence-electron chi connectivity index (χ1n) is 7.58. The van der Waals surface area contributed by atoms with Crippen LogP contribution < -0.4 is 0 Å². The Morgan fingerprint density at radius 1 is 0.840 bits per heavy atom. The molecule has 0 aliphatic carbocycles. The van der Waals surface area contributed by atoms with Crippen molar-refractivity contribution in [2.75, 3.05) is 6.61 Å². The average Bonchev–Trinajstić information content (AvgIpc) is 2.48. The quantitative estimate of drug-likeness (QED) is 0.375. The van der Waals surface area contributed by atoms with Crippen molar-refractivity contribution in [1.82, 2.24) is 0 Å². The van der Waals surface area contributed by atoms with Crippen molar-refractivity contribution in [2.45, 2.75) is 58.2 Å². The lowest BCUT2D eigenvalue weighted by molar-refractivity contribution is -0.244. The minimum absolute atomic E-state index is 0.248. The topological polar surface area (TPSA) is 114 Å². The molecular weight excluding hydrogens is 336 g/mol. The highest BCUT2D eigenvalue weighted by molar-refractivity contribution is 5.68. The minimum Gasteiger partial charge on any atom is -0.463 e. The first-order valence-corrected chi connectivity index (χ1v) is 7.58. The van der Waals surface area contributed by atoms with Crippen LogP contribution in [0.25, 0.3) is 0 Å². The summed E-state index contributed by atoms with van der Waals surface area (Å²) in [5.74, 6) is -2.54. The van der Waals surface area contributed by atoms with Crippen LogP contribution in [-0.4, -0.2) is 61.0 Å². The molecule has 0 N–H and O–H groups in total. The molecule has 1 aliphatic heterocycles. The van der Waals surface area contributed by atoms with Crippen LogP contribution >= 0.6 is 0 Å². The van der Waals surface area contributed by atoms with Crippen molar-refractivity contribution in [2.24, 2.45) is 0 Å². The first-order chi connectivity index (χ1) is 11.6. The van der Waals surface area contributed by atoms with E-state index in [4.69, 9.17) is 23.7 Å². The van der Waals surface area contributed by atoms with Crippen molar-refractivity contribution in [1.29, 1.82) is 0 Å². The number of rotatable bonds is 6. The van der Waals surface area contributed by atoms with Gasteiger partial charge in [-0.05, 0) is 0 Å². The Hall–Kier alpha value is -2.42. The molecule has 0 amide bonds. The molecule has 1 heterocycles. The fourth-order valence-electron chi connectivity index (χ4n) is 2.45. The molecule has 0 aromatic heterocycles. The summed E-state index contributed by atoms with van der Waals surface area (Å²) in [5.41, 5.74) is 0. The average molecular weight is 358 g/mol. The Morgan fingerprint density at radius 2 is 1.32 bits per heavy atom. The van der Waals surface area contributed by atoms with Crippen LogP contribution in [-0.2, 0) is 42.9 Å². The van der Waals surface area contributed by atoms with E-state index in [9.17, 15) is 19.2 Å². The van der Waals surface area contributed by atoms with Gasteiger partial charge in [-0.15, -0.1) is 6.58 Å². The summed E-state index contributed by atoms with van der Waals surface area (Å²) in [7, 11) is 0. The Morgan fingerprint density at radius 3 is 1.76 bits per heavy atom. The molecule has 1 saturated heterocycles. The van der Waals surface area contributed by atoms with E-state index in [0.29, 0.717) is 0 Å². The molecule has 1 aliphatic rings. The van der Waals surface area contributed by atoms with E-state index >= 15 is 0 Å². The molecule has 0 radical (unpaired) electrons. The molecule has 9 nitrogen and oxygen atoms in total. The van der Waals surface area contributed by atoms with E-state index in [-0.39, 0.29) is 6.61 Å². The summed E-state index contributed by atoms with van der Waals surface area (Å²) in [6.07, 6.45) is -3.80. The number of ether oxygens (including phenoxy) is 5. The predicted molar refractivity (Wildman–Crippen MR) is 82.2 cm³/mol. The SMILES string of the molecule is C=C[C@@H]1O[C@H](COC(C)=O)[C@@H](OC(C)=O)[C@H](OC(C)=O)[C@@H]1OC(C)=O. The second kappa shape index (κ2) is 9.16. The lowest BCUT2D eigenvalue weighted by Crippen LogP contribution is -2.61. The Kier molecular flexibility index (Phi) is 7.56. The lowest BCUT2D eigenvalue weighted by Gasteiger charge is -2.43. The molecular formula is C16H22O9. The van der Waals surface area contributed by atoms with E-state index < -0.39 is 54.4 Å². The highest BCUT2D eigenvalue weighted by atomic mass is 16.7. The molecule has 0 aromatic rings. The molecule has 0 saturated carbocycles. The number of carbonyl (C=O) groups is 4. The number of esters is 4. The maximum Gasteiger partial charge on any atom is 0.303 e. The molecule has 0 aromatic carbocycles. The van der Waals surface area contributed by atoms with E-state index in [2.05, 4.69) is 6.58 Å². The molecule has 0 unspecified atom stereocenters. The van der Waals surface area contributed by atoms with Crippen LogP contribution in [0, 0.1) is 0 Å². The summed E-state index contributed by atoms with van der Waals surface area (Å²) < 4.78 is 26.2. The van der Waals surface area contributed by atoms with Crippen molar-refractivity contribution in [3.63, 3.8) is 0 Å². The smallest absolute Gasteiger partial charge is 0.303 e. The first kappa shape index (κ1) is 20.6. The van der Waals surface area contributed by atoms with Gasteiger partial charge in [0.15, 0.2) is 18.3 Å². The van der Waals surface area contributed by atoms with E-state index in [0.717, 1.165) is 13.8 Å². The Bertz CT molecular complexity index is 542. The van der Waals surface area contributed by atoms with Gasteiger partial charge in [-0.1, -0.05) is 6.08 Å². The minimum atomic E-state index is -1.15. The Labute approximate surface area is 145 Å². The summed E-state index contributed by atoms with van der Waals surface area (Å²) >= 11 is 0. The van der Waals surface area contributed by atoms with Crippen molar-refractivity contribution in [3.8, 4) is 0 Å². The number of carbonyl (C=O) groups excluding carboxylic acids is 4. The van der Waals surface area contributed by atoms with Crippen molar-refractivity contribution < 1.29 is 42.9 Å². The summed E-state index contributed by atoms with van der Waals surface area (Å²) in [4.78, 5) is 45.4. The third kappa shape index (κ3) is 6.18. The maximum atomic E-state index is 11.5. The van der Waals surface area contributed by atoms with Crippen LogP contribution in [0.3, 0.4) is 0 Å². The van der Waals surface area contributed by atoms with Crippen molar-refractivity contribution >= 4 is 23.9 Å². The van der Waals surface area contributed by atoms with Gasteiger partial charge in [0, 0.05) is 27.7 Å². The van der Waals surface area contributed by atoms with Crippen LogP contribution in [0.5, 0.6) is 0 Å². The molecule has 1 fully saturated rings. The Balaban J connectivity index is 3.20. The summed E-state index contributed by atoms with van der Waals surface area (Å²) in [5, 5.41) is 0. The van der Waals surface area contributed by atoms with E-state index in [1.165, 1.54) is 19.9 Å².